The third kappa shape index (κ3) is 13.0. The molecule has 1 atom stereocenters. The minimum absolute atomic E-state index is 0.297. The monoisotopic (exact) mass is 411 g/mol. The zero-order valence-corrected chi connectivity index (χ0v) is 21.3. The molecule has 0 amide bonds. The highest BCUT2D eigenvalue weighted by atomic mass is 16.3. The van der Waals surface area contributed by atoms with E-state index in [0.717, 1.165) is 6.42 Å². The Morgan fingerprint density at radius 2 is 0.793 bits per heavy atom. The van der Waals surface area contributed by atoms with Crippen LogP contribution >= 0.6 is 0 Å². The van der Waals surface area contributed by atoms with E-state index in [1.807, 2.05) is 13.8 Å². The average Bonchev–Trinajstić information content (AvgIpc) is 2.63. The van der Waals surface area contributed by atoms with Crippen molar-refractivity contribution >= 4 is 0 Å². The summed E-state index contributed by atoms with van der Waals surface area (Å²) >= 11 is 0. The van der Waals surface area contributed by atoms with Crippen molar-refractivity contribution in [2.45, 2.75) is 168 Å². The van der Waals surface area contributed by atoms with E-state index in [-0.39, 0.29) is 11.0 Å². The topological polar surface area (TPSA) is 46.2 Å². The van der Waals surface area contributed by atoms with Crippen LogP contribution in [0, 0.1) is 5.41 Å². The largest absolute Gasteiger partial charge is 0.390 e. The summed E-state index contributed by atoms with van der Waals surface area (Å²) < 4.78 is 0. The van der Waals surface area contributed by atoms with Gasteiger partial charge in [0.15, 0.2) is 0 Å². The van der Waals surface area contributed by atoms with Gasteiger partial charge in [-0.3, -0.25) is 0 Å². The van der Waals surface area contributed by atoms with Gasteiger partial charge in [0.05, 0.1) is 5.60 Å². The van der Waals surface area contributed by atoms with Crippen LogP contribution in [-0.4, -0.2) is 16.2 Å². The van der Waals surface area contributed by atoms with Crippen LogP contribution in [0.5, 0.6) is 0 Å². The Bertz CT molecular complexity index is 367. The molecule has 0 bridgehead atoms. The van der Waals surface area contributed by atoms with Crippen LogP contribution < -0.4 is 5.73 Å². The number of hydrogen-bond donors (Lipinski definition) is 2. The maximum Gasteiger partial charge on any atom is 0.0659 e. The van der Waals surface area contributed by atoms with Crippen molar-refractivity contribution in [3.8, 4) is 0 Å². The van der Waals surface area contributed by atoms with E-state index < -0.39 is 5.60 Å². The van der Waals surface area contributed by atoms with Gasteiger partial charge in [0.1, 0.15) is 0 Å². The van der Waals surface area contributed by atoms with Crippen LogP contribution in [0.1, 0.15) is 157 Å². The molecule has 0 radical (unpaired) electrons. The molecule has 0 aliphatic rings. The quantitative estimate of drug-likeness (QED) is 0.197. The molecule has 29 heavy (non-hydrogen) atoms. The van der Waals surface area contributed by atoms with Gasteiger partial charge in [-0.1, -0.05) is 130 Å². The second kappa shape index (κ2) is 15.7. The average molecular weight is 412 g/mol. The van der Waals surface area contributed by atoms with Crippen LogP contribution in [0.25, 0.3) is 0 Å². The lowest BCUT2D eigenvalue weighted by Crippen LogP contribution is -2.59. The smallest absolute Gasteiger partial charge is 0.0659 e. The van der Waals surface area contributed by atoms with E-state index in [1.165, 1.54) is 109 Å². The number of unbranched alkanes of at least 4 members (excludes halogenated alkanes) is 16. The first-order chi connectivity index (χ1) is 13.6. The minimum atomic E-state index is -0.759. The highest BCUT2D eigenvalue weighted by Crippen LogP contribution is 2.41. The van der Waals surface area contributed by atoms with Gasteiger partial charge in [-0.2, -0.15) is 0 Å². The molecule has 0 saturated heterocycles. The first-order valence-electron chi connectivity index (χ1n) is 13.1. The molecule has 2 heteroatoms. The fraction of sp³-hybridized carbons (Fsp3) is 1.00. The molecule has 0 spiro atoms. The Hall–Kier alpha value is -0.0800. The van der Waals surface area contributed by atoms with Crippen molar-refractivity contribution in [2.75, 3.05) is 0 Å². The number of aliphatic hydroxyl groups is 1. The Balaban J connectivity index is 3.46. The fourth-order valence-electron chi connectivity index (χ4n) is 4.23. The molecular formula is C27H57NO. The molecule has 0 aromatic rings. The van der Waals surface area contributed by atoms with Gasteiger partial charge in [-0.25, -0.2) is 0 Å². The first kappa shape index (κ1) is 28.9. The summed E-state index contributed by atoms with van der Waals surface area (Å²) in [7, 11) is 0. The third-order valence-electron chi connectivity index (χ3n) is 7.76. The van der Waals surface area contributed by atoms with Gasteiger partial charge >= 0.3 is 0 Å². The van der Waals surface area contributed by atoms with E-state index in [9.17, 15) is 5.11 Å². The second-order valence-corrected chi connectivity index (χ2v) is 11.0. The van der Waals surface area contributed by atoms with Crippen LogP contribution in [0.2, 0.25) is 0 Å². The highest BCUT2D eigenvalue weighted by Gasteiger charge is 2.47. The molecule has 2 nitrogen and oxygen atoms in total. The lowest BCUT2D eigenvalue weighted by atomic mass is 9.62. The number of rotatable bonds is 20. The van der Waals surface area contributed by atoms with Crippen molar-refractivity contribution in [3.05, 3.63) is 0 Å². The van der Waals surface area contributed by atoms with E-state index in [1.54, 1.807) is 0 Å². The fourth-order valence-corrected chi connectivity index (χ4v) is 4.23. The lowest BCUT2D eigenvalue weighted by molar-refractivity contribution is -0.0771. The standard InChI is InChI=1S/C27H57NO/c1-7-8-9-10-11-12-13-14-15-16-17-18-19-20-21-22-23-24-27(6,28)25(2,3)26(4,5)29/h29H,7-24,28H2,1-6H3. The second-order valence-electron chi connectivity index (χ2n) is 11.0. The normalized spacial score (nSPS) is 14.9. The Morgan fingerprint density at radius 3 is 1.07 bits per heavy atom. The summed E-state index contributed by atoms with van der Waals surface area (Å²) in [5, 5.41) is 10.4. The van der Waals surface area contributed by atoms with Crippen LogP contribution in [-0.2, 0) is 0 Å². The summed E-state index contributed by atoms with van der Waals surface area (Å²) in [4.78, 5) is 0. The van der Waals surface area contributed by atoms with E-state index in [2.05, 4.69) is 27.7 Å². The SMILES string of the molecule is CCCCCCCCCCCCCCCCCCCC(C)(N)C(C)(C)C(C)(C)O. The highest BCUT2D eigenvalue weighted by molar-refractivity contribution is 5.02. The summed E-state index contributed by atoms with van der Waals surface area (Å²) in [5.41, 5.74) is 5.20. The summed E-state index contributed by atoms with van der Waals surface area (Å²) in [6, 6.07) is 0. The number of nitrogens with two attached hydrogens (primary N) is 1. The molecule has 0 aliphatic carbocycles. The van der Waals surface area contributed by atoms with Crippen molar-refractivity contribution < 1.29 is 5.11 Å². The van der Waals surface area contributed by atoms with E-state index in [0.29, 0.717) is 0 Å². The molecule has 1 unspecified atom stereocenters. The molecule has 0 aromatic heterocycles. The van der Waals surface area contributed by atoms with Crippen molar-refractivity contribution in [1.82, 2.24) is 0 Å². The van der Waals surface area contributed by atoms with Gasteiger partial charge in [-0.05, 0) is 27.2 Å². The van der Waals surface area contributed by atoms with Crippen molar-refractivity contribution in [3.63, 3.8) is 0 Å². The van der Waals surface area contributed by atoms with Gasteiger partial charge in [0.2, 0.25) is 0 Å². The summed E-state index contributed by atoms with van der Waals surface area (Å²) in [6.07, 6.45) is 24.7. The molecule has 0 fully saturated rings. The third-order valence-corrected chi connectivity index (χ3v) is 7.76. The van der Waals surface area contributed by atoms with Crippen LogP contribution in [0.3, 0.4) is 0 Å². The van der Waals surface area contributed by atoms with Gasteiger partial charge in [0, 0.05) is 11.0 Å². The lowest BCUT2D eigenvalue weighted by Gasteiger charge is -2.49. The van der Waals surface area contributed by atoms with E-state index in [4.69, 9.17) is 5.73 Å². The van der Waals surface area contributed by atoms with Gasteiger partial charge in [0.25, 0.3) is 0 Å². The molecule has 0 heterocycles. The molecule has 3 N–H and O–H groups in total. The van der Waals surface area contributed by atoms with Gasteiger partial charge in [-0.15, -0.1) is 0 Å². The summed E-state index contributed by atoms with van der Waals surface area (Å²) in [6.45, 7) is 12.4. The Labute approximate surface area is 184 Å². The number of hydrogen-bond acceptors (Lipinski definition) is 2. The van der Waals surface area contributed by atoms with Crippen molar-refractivity contribution in [2.24, 2.45) is 11.1 Å². The zero-order chi connectivity index (χ0) is 22.2. The molecule has 0 aromatic carbocycles. The van der Waals surface area contributed by atoms with E-state index >= 15 is 0 Å². The zero-order valence-electron chi connectivity index (χ0n) is 21.3. The maximum atomic E-state index is 10.4. The van der Waals surface area contributed by atoms with Gasteiger partial charge < -0.3 is 10.8 Å². The molecule has 176 valence electrons. The molecule has 0 aliphatic heterocycles. The first-order valence-corrected chi connectivity index (χ1v) is 13.1. The molecule has 0 saturated carbocycles. The maximum absolute atomic E-state index is 10.4. The van der Waals surface area contributed by atoms with Crippen LogP contribution in [0.15, 0.2) is 0 Å². The van der Waals surface area contributed by atoms with Crippen molar-refractivity contribution in [1.29, 1.82) is 0 Å². The van der Waals surface area contributed by atoms with Crippen LogP contribution in [0.4, 0.5) is 0 Å². The molecular weight excluding hydrogens is 354 g/mol. The molecule has 0 rings (SSSR count). The summed E-state index contributed by atoms with van der Waals surface area (Å²) in [5.74, 6) is 0. The Morgan fingerprint density at radius 1 is 0.517 bits per heavy atom. The predicted octanol–water partition coefficient (Wildman–Crippen LogP) is 8.54. The Kier molecular flexibility index (Phi) is 15.6. The minimum Gasteiger partial charge on any atom is -0.390 e. The predicted molar refractivity (Wildman–Crippen MR) is 131 cm³/mol.